The molecule has 1 unspecified atom stereocenters. The average molecular weight is 308 g/mol. The first-order valence-corrected chi connectivity index (χ1v) is 7.09. The Morgan fingerprint density at radius 3 is 2.62 bits per heavy atom. The Kier molecular flexibility index (Phi) is 3.99. The van der Waals surface area contributed by atoms with Gasteiger partial charge in [0.25, 0.3) is 0 Å². The summed E-state index contributed by atoms with van der Waals surface area (Å²) >= 11 is 6.16. The van der Waals surface area contributed by atoms with E-state index in [4.69, 9.17) is 21.1 Å². The van der Waals surface area contributed by atoms with Crippen LogP contribution in [0.25, 0.3) is 0 Å². The van der Waals surface area contributed by atoms with Crippen LogP contribution in [0.1, 0.15) is 17.2 Å². The molecule has 5 heteroatoms. The maximum absolute atomic E-state index is 14.1. The maximum Gasteiger partial charge on any atom is 0.161 e. The fourth-order valence-corrected chi connectivity index (χ4v) is 2.78. The number of nitrogens with one attached hydrogen (secondary N) is 1. The van der Waals surface area contributed by atoms with Gasteiger partial charge in [0.1, 0.15) is 19.0 Å². The van der Waals surface area contributed by atoms with E-state index in [1.54, 1.807) is 19.2 Å². The molecule has 21 heavy (non-hydrogen) atoms. The fraction of sp³-hybridized carbons (Fsp3) is 0.250. The second-order valence-electron chi connectivity index (χ2n) is 4.76. The number of fused-ring (bicyclic) bond motifs is 1. The summed E-state index contributed by atoms with van der Waals surface area (Å²) in [4.78, 5) is 0. The quantitative estimate of drug-likeness (QED) is 0.940. The zero-order valence-electron chi connectivity index (χ0n) is 11.5. The van der Waals surface area contributed by atoms with Crippen molar-refractivity contribution in [3.8, 4) is 11.5 Å². The largest absolute Gasteiger partial charge is 0.486 e. The normalized spacial score (nSPS) is 14.8. The van der Waals surface area contributed by atoms with Crippen LogP contribution in [0.4, 0.5) is 4.39 Å². The van der Waals surface area contributed by atoms with Crippen molar-refractivity contribution in [3.05, 3.63) is 58.4 Å². The molecule has 0 spiro atoms. The van der Waals surface area contributed by atoms with Gasteiger partial charge in [0.05, 0.1) is 6.04 Å². The SMILES string of the molecule is CNC(c1ccc2c(c1)OCCO2)c1c(F)cccc1Cl. The molecule has 0 aliphatic carbocycles. The minimum atomic E-state index is -0.352. The van der Waals surface area contributed by atoms with E-state index in [9.17, 15) is 4.39 Å². The van der Waals surface area contributed by atoms with Gasteiger partial charge in [-0.2, -0.15) is 0 Å². The molecule has 0 bridgehead atoms. The van der Waals surface area contributed by atoms with Crippen LogP contribution < -0.4 is 14.8 Å². The molecule has 0 aromatic heterocycles. The molecule has 0 amide bonds. The van der Waals surface area contributed by atoms with Crippen LogP contribution in [0.3, 0.4) is 0 Å². The summed E-state index contributed by atoms with van der Waals surface area (Å²) in [5.41, 5.74) is 1.30. The van der Waals surface area contributed by atoms with Gasteiger partial charge >= 0.3 is 0 Å². The summed E-state index contributed by atoms with van der Waals surface area (Å²) in [6.45, 7) is 1.06. The van der Waals surface area contributed by atoms with Crippen molar-refractivity contribution in [1.29, 1.82) is 0 Å². The summed E-state index contributed by atoms with van der Waals surface area (Å²) < 4.78 is 25.2. The highest BCUT2D eigenvalue weighted by Crippen LogP contribution is 2.36. The highest BCUT2D eigenvalue weighted by Gasteiger charge is 2.21. The summed E-state index contributed by atoms with van der Waals surface area (Å²) in [7, 11) is 1.77. The molecule has 2 aromatic carbocycles. The van der Waals surface area contributed by atoms with Gasteiger partial charge in [0.15, 0.2) is 11.5 Å². The first-order valence-electron chi connectivity index (χ1n) is 6.71. The highest BCUT2D eigenvalue weighted by molar-refractivity contribution is 6.31. The van der Waals surface area contributed by atoms with Gasteiger partial charge in [0.2, 0.25) is 0 Å². The van der Waals surface area contributed by atoms with Gasteiger partial charge < -0.3 is 14.8 Å². The number of rotatable bonds is 3. The number of hydrogen-bond acceptors (Lipinski definition) is 3. The molecule has 0 saturated carbocycles. The molecule has 110 valence electrons. The third kappa shape index (κ3) is 2.69. The van der Waals surface area contributed by atoms with E-state index in [1.807, 2.05) is 18.2 Å². The lowest BCUT2D eigenvalue weighted by atomic mass is 9.97. The number of benzene rings is 2. The standard InChI is InChI=1S/C16H15ClFNO2/c1-19-16(15-11(17)3-2-4-12(15)18)10-5-6-13-14(9-10)21-8-7-20-13/h2-6,9,16,19H,7-8H2,1H3. The van der Waals surface area contributed by atoms with Gasteiger partial charge in [-0.05, 0) is 36.9 Å². The van der Waals surface area contributed by atoms with Gasteiger partial charge in [-0.25, -0.2) is 4.39 Å². The number of ether oxygens (including phenoxy) is 2. The first-order chi connectivity index (χ1) is 10.2. The van der Waals surface area contributed by atoms with Crippen molar-refractivity contribution >= 4 is 11.6 Å². The Morgan fingerprint density at radius 2 is 1.90 bits per heavy atom. The molecule has 2 aromatic rings. The van der Waals surface area contributed by atoms with E-state index in [-0.39, 0.29) is 11.9 Å². The van der Waals surface area contributed by atoms with Crippen molar-refractivity contribution in [2.45, 2.75) is 6.04 Å². The van der Waals surface area contributed by atoms with Gasteiger partial charge in [-0.3, -0.25) is 0 Å². The van der Waals surface area contributed by atoms with Crippen LogP contribution in [-0.2, 0) is 0 Å². The highest BCUT2D eigenvalue weighted by atomic mass is 35.5. The van der Waals surface area contributed by atoms with Crippen molar-refractivity contribution in [2.24, 2.45) is 0 Å². The lowest BCUT2D eigenvalue weighted by Crippen LogP contribution is -2.20. The summed E-state index contributed by atoms with van der Waals surface area (Å²) in [6, 6.07) is 9.91. The summed E-state index contributed by atoms with van der Waals surface area (Å²) in [5.74, 6) is 1.04. The molecule has 1 aliphatic rings. The molecule has 3 nitrogen and oxygen atoms in total. The van der Waals surface area contributed by atoms with Crippen LogP contribution in [0.5, 0.6) is 11.5 Å². The van der Waals surface area contributed by atoms with E-state index in [0.29, 0.717) is 35.3 Å². The minimum Gasteiger partial charge on any atom is -0.486 e. The topological polar surface area (TPSA) is 30.5 Å². The molecule has 3 rings (SSSR count). The molecular formula is C16H15ClFNO2. The van der Waals surface area contributed by atoms with E-state index in [2.05, 4.69) is 5.32 Å². The first kappa shape index (κ1) is 14.2. The average Bonchev–Trinajstić information content (AvgIpc) is 2.50. The molecule has 0 radical (unpaired) electrons. The molecule has 1 atom stereocenters. The van der Waals surface area contributed by atoms with Crippen molar-refractivity contribution < 1.29 is 13.9 Å². The summed E-state index contributed by atoms with van der Waals surface area (Å²) in [5, 5.41) is 3.50. The molecule has 1 heterocycles. The third-order valence-electron chi connectivity index (χ3n) is 3.48. The Morgan fingerprint density at radius 1 is 1.14 bits per heavy atom. The Balaban J connectivity index is 2.04. The second kappa shape index (κ2) is 5.92. The van der Waals surface area contributed by atoms with Crippen molar-refractivity contribution in [3.63, 3.8) is 0 Å². The van der Waals surface area contributed by atoms with Crippen LogP contribution in [0.15, 0.2) is 36.4 Å². The van der Waals surface area contributed by atoms with Crippen molar-refractivity contribution in [2.75, 3.05) is 20.3 Å². The molecule has 1 N–H and O–H groups in total. The van der Waals surface area contributed by atoms with Gasteiger partial charge in [0, 0.05) is 10.6 Å². The van der Waals surface area contributed by atoms with E-state index in [0.717, 1.165) is 5.56 Å². The second-order valence-corrected chi connectivity index (χ2v) is 5.17. The predicted molar refractivity (Wildman–Crippen MR) is 79.7 cm³/mol. The Bertz CT molecular complexity index is 642. The number of halogens is 2. The molecule has 1 aliphatic heterocycles. The van der Waals surface area contributed by atoms with Crippen molar-refractivity contribution in [1.82, 2.24) is 5.32 Å². The minimum absolute atomic E-state index is 0.336. The molecular weight excluding hydrogens is 293 g/mol. The van der Waals surface area contributed by atoms with Crippen LogP contribution in [0, 0.1) is 5.82 Å². The zero-order chi connectivity index (χ0) is 14.8. The lowest BCUT2D eigenvalue weighted by molar-refractivity contribution is 0.171. The Labute approximate surface area is 127 Å². The van der Waals surface area contributed by atoms with Crippen LogP contribution in [0.2, 0.25) is 5.02 Å². The predicted octanol–water partition coefficient (Wildman–Crippen LogP) is 3.56. The van der Waals surface area contributed by atoms with E-state index in [1.165, 1.54) is 6.07 Å². The molecule has 0 saturated heterocycles. The van der Waals surface area contributed by atoms with Gasteiger partial charge in [-0.1, -0.05) is 23.7 Å². The van der Waals surface area contributed by atoms with Crippen LogP contribution >= 0.6 is 11.6 Å². The van der Waals surface area contributed by atoms with Gasteiger partial charge in [-0.15, -0.1) is 0 Å². The monoisotopic (exact) mass is 307 g/mol. The number of hydrogen-bond donors (Lipinski definition) is 1. The smallest absolute Gasteiger partial charge is 0.161 e. The fourth-order valence-electron chi connectivity index (χ4n) is 2.50. The Hall–Kier alpha value is -1.78. The zero-order valence-corrected chi connectivity index (χ0v) is 12.3. The molecule has 0 fully saturated rings. The van der Waals surface area contributed by atoms with E-state index >= 15 is 0 Å². The summed E-state index contributed by atoms with van der Waals surface area (Å²) in [6.07, 6.45) is 0. The maximum atomic E-state index is 14.1. The lowest BCUT2D eigenvalue weighted by Gasteiger charge is -2.23. The van der Waals surface area contributed by atoms with Crippen LogP contribution in [-0.4, -0.2) is 20.3 Å². The van der Waals surface area contributed by atoms with E-state index < -0.39 is 0 Å². The third-order valence-corrected chi connectivity index (χ3v) is 3.81.